The van der Waals surface area contributed by atoms with Crippen molar-refractivity contribution in [2.45, 2.75) is 12.8 Å². The van der Waals surface area contributed by atoms with E-state index in [9.17, 15) is 4.79 Å². The summed E-state index contributed by atoms with van der Waals surface area (Å²) in [6.07, 6.45) is 3.35. The zero-order valence-corrected chi connectivity index (χ0v) is 14.8. The largest absolute Gasteiger partial charge is 0.361 e. The van der Waals surface area contributed by atoms with Gasteiger partial charge in [0, 0.05) is 29.6 Å². The van der Waals surface area contributed by atoms with E-state index < -0.39 is 0 Å². The van der Waals surface area contributed by atoms with E-state index in [0.717, 1.165) is 36.4 Å². The number of carbonyl (C=O) groups is 1. The smallest absolute Gasteiger partial charge is 0.240 e. The van der Waals surface area contributed by atoms with Gasteiger partial charge in [-0.1, -0.05) is 35.5 Å². The van der Waals surface area contributed by atoms with Crippen molar-refractivity contribution in [1.82, 2.24) is 15.0 Å². The molecule has 2 heterocycles. The Hall–Kier alpha value is -2.51. The second-order valence-corrected chi connectivity index (χ2v) is 6.67. The minimum atomic E-state index is -0.0523. The topological polar surface area (TPSA) is 71.3 Å². The van der Waals surface area contributed by atoms with Gasteiger partial charge < -0.3 is 9.84 Å². The van der Waals surface area contributed by atoms with Crippen molar-refractivity contribution in [1.29, 1.82) is 0 Å². The van der Waals surface area contributed by atoms with Crippen molar-refractivity contribution in [2.75, 3.05) is 25.5 Å². The molecule has 0 fully saturated rings. The van der Waals surface area contributed by atoms with Crippen molar-refractivity contribution in [3.8, 4) is 11.3 Å². The lowest BCUT2D eigenvalue weighted by molar-refractivity contribution is -0.117. The lowest BCUT2D eigenvalue weighted by Gasteiger charge is -2.14. The molecule has 0 saturated carbocycles. The number of thiazole rings is 1. The quantitative estimate of drug-likeness (QED) is 0.670. The van der Waals surface area contributed by atoms with Crippen LogP contribution in [-0.4, -0.2) is 41.1 Å². The van der Waals surface area contributed by atoms with Gasteiger partial charge in [-0.15, -0.1) is 11.3 Å². The van der Waals surface area contributed by atoms with Crippen LogP contribution in [0.2, 0.25) is 0 Å². The number of aromatic nitrogens is 2. The third kappa shape index (κ3) is 5.23. The Morgan fingerprint density at radius 1 is 1.32 bits per heavy atom. The molecule has 7 heteroatoms. The Morgan fingerprint density at radius 2 is 2.16 bits per heavy atom. The van der Waals surface area contributed by atoms with Crippen LogP contribution in [0.5, 0.6) is 0 Å². The number of nitrogens with zero attached hydrogens (tertiary/aromatic N) is 3. The Bertz CT molecular complexity index is 787. The molecule has 6 nitrogen and oxygen atoms in total. The molecule has 1 aromatic carbocycles. The molecule has 0 saturated heterocycles. The molecular weight excluding hydrogens is 336 g/mol. The molecule has 0 aliphatic heterocycles. The highest BCUT2D eigenvalue weighted by Crippen LogP contribution is 2.19. The molecule has 25 heavy (non-hydrogen) atoms. The Balaban J connectivity index is 1.40. The van der Waals surface area contributed by atoms with Crippen LogP contribution >= 0.6 is 11.3 Å². The second-order valence-electron chi connectivity index (χ2n) is 5.77. The first-order chi connectivity index (χ1) is 12.2. The van der Waals surface area contributed by atoms with E-state index >= 15 is 0 Å². The summed E-state index contributed by atoms with van der Waals surface area (Å²) in [5.41, 5.74) is 1.90. The van der Waals surface area contributed by atoms with Crippen molar-refractivity contribution in [3.63, 3.8) is 0 Å². The summed E-state index contributed by atoms with van der Waals surface area (Å²) in [7, 11) is 1.93. The minimum Gasteiger partial charge on any atom is -0.361 e. The van der Waals surface area contributed by atoms with E-state index in [1.807, 2.05) is 53.7 Å². The standard InChI is InChI=1S/C18H20N4O2S/c1-22(13-17(23)20-18-19-9-11-25-18)10-5-8-15-12-16(21-24-15)14-6-3-2-4-7-14/h2-4,6-7,9,11-12H,5,8,10,13H2,1H3,(H,19,20,23). The number of nitrogens with one attached hydrogen (secondary N) is 1. The molecule has 1 amide bonds. The van der Waals surface area contributed by atoms with Gasteiger partial charge in [-0.3, -0.25) is 9.69 Å². The molecule has 0 atom stereocenters. The molecule has 1 N–H and O–H groups in total. The van der Waals surface area contributed by atoms with Gasteiger partial charge in [0.15, 0.2) is 5.13 Å². The second kappa shape index (κ2) is 8.55. The normalized spacial score (nSPS) is 11.0. The number of hydrogen-bond acceptors (Lipinski definition) is 6. The van der Waals surface area contributed by atoms with E-state index in [4.69, 9.17) is 4.52 Å². The van der Waals surface area contributed by atoms with Gasteiger partial charge in [0.2, 0.25) is 5.91 Å². The first-order valence-electron chi connectivity index (χ1n) is 8.09. The fourth-order valence-corrected chi connectivity index (χ4v) is 3.01. The number of carbonyl (C=O) groups excluding carboxylic acids is 1. The maximum Gasteiger partial charge on any atom is 0.240 e. The van der Waals surface area contributed by atoms with Crippen molar-refractivity contribution >= 4 is 22.4 Å². The zero-order chi connectivity index (χ0) is 17.5. The summed E-state index contributed by atoms with van der Waals surface area (Å²) in [6, 6.07) is 11.9. The molecule has 0 unspecified atom stereocenters. The van der Waals surface area contributed by atoms with Gasteiger partial charge in [0.1, 0.15) is 11.5 Å². The highest BCUT2D eigenvalue weighted by Gasteiger charge is 2.10. The number of amides is 1. The number of hydrogen-bond donors (Lipinski definition) is 1. The average molecular weight is 356 g/mol. The molecule has 3 aromatic rings. The molecule has 2 aromatic heterocycles. The summed E-state index contributed by atoms with van der Waals surface area (Å²) in [5.74, 6) is 0.808. The maximum atomic E-state index is 11.9. The fourth-order valence-electron chi connectivity index (χ4n) is 2.47. The number of benzene rings is 1. The average Bonchev–Trinajstić information content (AvgIpc) is 3.27. The number of rotatable bonds is 8. The van der Waals surface area contributed by atoms with E-state index in [1.54, 1.807) is 6.20 Å². The van der Waals surface area contributed by atoms with Crippen LogP contribution in [-0.2, 0) is 11.2 Å². The Labute approximate surface area is 150 Å². The summed E-state index contributed by atoms with van der Waals surface area (Å²) < 4.78 is 5.40. The minimum absolute atomic E-state index is 0.0523. The molecule has 0 spiro atoms. The fraction of sp³-hybridized carbons (Fsp3) is 0.278. The molecular formula is C18H20N4O2S. The SMILES string of the molecule is CN(CCCc1cc(-c2ccccc2)no1)CC(=O)Nc1nccs1. The van der Waals surface area contributed by atoms with Gasteiger partial charge in [0.25, 0.3) is 0 Å². The molecule has 3 rings (SSSR count). The molecule has 0 radical (unpaired) electrons. The van der Waals surface area contributed by atoms with Crippen LogP contribution in [0.1, 0.15) is 12.2 Å². The zero-order valence-electron chi connectivity index (χ0n) is 14.0. The van der Waals surface area contributed by atoms with Crippen LogP contribution in [0.4, 0.5) is 5.13 Å². The first-order valence-corrected chi connectivity index (χ1v) is 8.97. The Kier molecular flexibility index (Phi) is 5.92. The van der Waals surface area contributed by atoms with E-state index in [1.165, 1.54) is 11.3 Å². The Morgan fingerprint density at radius 3 is 2.92 bits per heavy atom. The van der Waals surface area contributed by atoms with Crippen molar-refractivity contribution < 1.29 is 9.32 Å². The lowest BCUT2D eigenvalue weighted by Crippen LogP contribution is -2.31. The number of aryl methyl sites for hydroxylation is 1. The lowest BCUT2D eigenvalue weighted by atomic mass is 10.1. The summed E-state index contributed by atoms with van der Waals surface area (Å²) in [5, 5.41) is 9.36. The summed E-state index contributed by atoms with van der Waals surface area (Å²) in [6.45, 7) is 1.14. The molecule has 0 bridgehead atoms. The van der Waals surface area contributed by atoms with Gasteiger partial charge in [0.05, 0.1) is 6.54 Å². The van der Waals surface area contributed by atoms with Crippen molar-refractivity contribution in [3.05, 3.63) is 53.7 Å². The van der Waals surface area contributed by atoms with Gasteiger partial charge in [-0.05, 0) is 20.0 Å². The number of anilines is 1. The predicted octanol–water partition coefficient (Wildman–Crippen LogP) is 3.30. The predicted molar refractivity (Wildman–Crippen MR) is 98.5 cm³/mol. The third-order valence-corrected chi connectivity index (χ3v) is 4.37. The van der Waals surface area contributed by atoms with Crippen molar-refractivity contribution in [2.24, 2.45) is 0 Å². The third-order valence-electron chi connectivity index (χ3n) is 3.68. The molecule has 0 aliphatic carbocycles. The van der Waals surface area contributed by atoms with Gasteiger partial charge in [-0.25, -0.2) is 4.98 Å². The van der Waals surface area contributed by atoms with Crippen LogP contribution in [0.3, 0.4) is 0 Å². The highest BCUT2D eigenvalue weighted by atomic mass is 32.1. The highest BCUT2D eigenvalue weighted by molar-refractivity contribution is 7.13. The molecule has 130 valence electrons. The van der Waals surface area contributed by atoms with Gasteiger partial charge >= 0.3 is 0 Å². The summed E-state index contributed by atoms with van der Waals surface area (Å²) in [4.78, 5) is 17.9. The van der Waals surface area contributed by atoms with Crippen LogP contribution in [0, 0.1) is 0 Å². The first kappa shape index (κ1) is 17.3. The van der Waals surface area contributed by atoms with E-state index in [-0.39, 0.29) is 5.91 Å². The maximum absolute atomic E-state index is 11.9. The van der Waals surface area contributed by atoms with E-state index in [2.05, 4.69) is 15.5 Å². The summed E-state index contributed by atoms with van der Waals surface area (Å²) >= 11 is 1.41. The van der Waals surface area contributed by atoms with E-state index in [0.29, 0.717) is 11.7 Å². The monoisotopic (exact) mass is 356 g/mol. The number of likely N-dealkylation sites (N-methyl/N-ethyl adjacent to an activating group) is 1. The van der Waals surface area contributed by atoms with Crippen LogP contribution in [0.25, 0.3) is 11.3 Å². The molecule has 0 aliphatic rings. The van der Waals surface area contributed by atoms with Crippen LogP contribution in [0.15, 0.2) is 52.5 Å². The van der Waals surface area contributed by atoms with Gasteiger partial charge in [-0.2, -0.15) is 0 Å². The van der Waals surface area contributed by atoms with Crippen LogP contribution < -0.4 is 5.32 Å².